The Morgan fingerprint density at radius 2 is 0.873 bits per heavy atom. The van der Waals surface area contributed by atoms with E-state index in [0.717, 1.165) is 57.8 Å². The minimum Gasteiger partial charge on any atom is -0.394 e. The second-order valence-corrected chi connectivity index (χ2v) is 20.1. The third-order valence-corrected chi connectivity index (χ3v) is 14.1. The van der Waals surface area contributed by atoms with Gasteiger partial charge in [0.1, 0.15) is 73.2 Å². The molecule has 3 saturated heterocycles. The number of carbonyl (C=O) groups excluding carboxylic acids is 1. The molecule has 3 fully saturated rings. The van der Waals surface area contributed by atoms with Gasteiger partial charge < -0.3 is 89.9 Å². The number of hydrogen-bond donors (Lipinski definition) is 12. The Balaban J connectivity index is 1.48. The van der Waals surface area contributed by atoms with Crippen LogP contribution in [-0.2, 0) is 33.2 Å². The van der Waals surface area contributed by atoms with Crippen LogP contribution in [0.2, 0.25) is 0 Å². The molecule has 3 aliphatic heterocycles. The van der Waals surface area contributed by atoms with E-state index < -0.39 is 124 Å². The highest BCUT2D eigenvalue weighted by atomic mass is 16.8. The number of nitrogens with one attached hydrogen (secondary N) is 1. The second-order valence-electron chi connectivity index (χ2n) is 20.1. The lowest BCUT2D eigenvalue weighted by atomic mass is 9.96. The Kier molecular flexibility index (Phi) is 33.5. The van der Waals surface area contributed by atoms with Gasteiger partial charge in [-0.15, -0.1) is 0 Å². The van der Waals surface area contributed by atoms with Crippen LogP contribution in [0.3, 0.4) is 0 Å². The Labute approximate surface area is 423 Å². The summed E-state index contributed by atoms with van der Waals surface area (Å²) < 4.78 is 34.1. The predicted molar refractivity (Wildman–Crippen MR) is 263 cm³/mol. The molecule has 1 amide bonds. The summed E-state index contributed by atoms with van der Waals surface area (Å²) in [4.78, 5) is 13.1. The third-order valence-electron chi connectivity index (χ3n) is 14.1. The van der Waals surface area contributed by atoms with Crippen LogP contribution in [0.25, 0.3) is 0 Å². The first-order valence-corrected chi connectivity index (χ1v) is 27.4. The fourth-order valence-electron chi connectivity index (χ4n) is 9.48. The number of hydrogen-bond acceptors (Lipinski definition) is 18. The van der Waals surface area contributed by atoms with Crippen LogP contribution < -0.4 is 5.32 Å². The van der Waals surface area contributed by atoms with Gasteiger partial charge in [0.2, 0.25) is 5.91 Å². The molecule has 12 N–H and O–H groups in total. The highest BCUT2D eigenvalue weighted by Gasteiger charge is 2.53. The molecule has 0 radical (unpaired) electrons. The Morgan fingerprint density at radius 3 is 1.32 bits per heavy atom. The zero-order valence-electron chi connectivity index (χ0n) is 43.0. The lowest BCUT2D eigenvalue weighted by molar-refractivity contribution is -0.379. The third kappa shape index (κ3) is 22.7. The van der Waals surface area contributed by atoms with Gasteiger partial charge in [0, 0.05) is 6.42 Å². The maximum Gasteiger partial charge on any atom is 0.220 e. The number of unbranched alkanes of at least 4 members (excludes halogenated alkanes) is 23. The van der Waals surface area contributed by atoms with Gasteiger partial charge in [0.15, 0.2) is 18.9 Å². The largest absolute Gasteiger partial charge is 0.394 e. The van der Waals surface area contributed by atoms with E-state index in [2.05, 4.69) is 19.2 Å². The Bertz CT molecular complexity index is 1360. The van der Waals surface area contributed by atoms with Crippen LogP contribution in [0, 0.1) is 0 Å². The molecule has 418 valence electrons. The molecule has 19 heteroatoms. The fraction of sp³-hybridized carbons (Fsp3) is 0.942. The molecule has 71 heavy (non-hydrogen) atoms. The van der Waals surface area contributed by atoms with Crippen molar-refractivity contribution in [1.29, 1.82) is 0 Å². The van der Waals surface area contributed by atoms with E-state index in [-0.39, 0.29) is 18.9 Å². The highest BCUT2D eigenvalue weighted by Crippen LogP contribution is 2.33. The van der Waals surface area contributed by atoms with E-state index in [1.807, 2.05) is 6.08 Å². The van der Waals surface area contributed by atoms with Gasteiger partial charge in [0.25, 0.3) is 0 Å². The molecule has 19 nitrogen and oxygen atoms in total. The molecule has 3 heterocycles. The summed E-state index contributed by atoms with van der Waals surface area (Å²) in [5.74, 6) is -0.285. The molecule has 0 aliphatic carbocycles. The molecular formula is C52H97NO18. The first kappa shape index (κ1) is 63.8. The van der Waals surface area contributed by atoms with Gasteiger partial charge in [-0.2, -0.15) is 0 Å². The number of allylic oxidation sites excluding steroid dienone is 1. The normalized spacial score (nSPS) is 32.3. The fourth-order valence-corrected chi connectivity index (χ4v) is 9.48. The van der Waals surface area contributed by atoms with Gasteiger partial charge in [-0.05, 0) is 19.3 Å². The number of aliphatic hydroxyl groups excluding tert-OH is 11. The minimum absolute atomic E-state index is 0.243. The predicted octanol–water partition coefficient (Wildman–Crippen LogP) is 3.04. The van der Waals surface area contributed by atoms with Crippen molar-refractivity contribution in [2.45, 2.75) is 285 Å². The summed E-state index contributed by atoms with van der Waals surface area (Å²) in [6.07, 6.45) is 6.86. The Hall–Kier alpha value is -1.47. The van der Waals surface area contributed by atoms with Crippen LogP contribution in [0.1, 0.15) is 181 Å². The van der Waals surface area contributed by atoms with Gasteiger partial charge in [-0.25, -0.2) is 0 Å². The van der Waals surface area contributed by atoms with Crippen molar-refractivity contribution in [3.63, 3.8) is 0 Å². The van der Waals surface area contributed by atoms with Crippen molar-refractivity contribution >= 4 is 5.91 Å². The zero-order chi connectivity index (χ0) is 52.0. The van der Waals surface area contributed by atoms with Crippen LogP contribution in [0.5, 0.6) is 0 Å². The van der Waals surface area contributed by atoms with Crippen molar-refractivity contribution in [2.75, 3.05) is 26.4 Å². The van der Waals surface area contributed by atoms with E-state index in [9.17, 15) is 61.0 Å². The van der Waals surface area contributed by atoms with Crippen LogP contribution in [0.4, 0.5) is 0 Å². The molecule has 17 unspecified atom stereocenters. The van der Waals surface area contributed by atoms with Crippen LogP contribution >= 0.6 is 0 Å². The van der Waals surface area contributed by atoms with E-state index in [4.69, 9.17) is 28.4 Å². The van der Waals surface area contributed by atoms with E-state index in [1.165, 1.54) is 96.3 Å². The summed E-state index contributed by atoms with van der Waals surface area (Å²) in [5, 5.41) is 119. The van der Waals surface area contributed by atoms with E-state index in [0.29, 0.717) is 6.42 Å². The molecule has 0 aromatic rings. The van der Waals surface area contributed by atoms with Crippen molar-refractivity contribution < 1.29 is 89.4 Å². The average Bonchev–Trinajstić information content (AvgIpc) is 3.36. The molecule has 17 atom stereocenters. The summed E-state index contributed by atoms with van der Waals surface area (Å²) in [6, 6.07) is -0.963. The SMILES string of the molecule is CCCCCCCCCCCCCCCCCCCC/C=C/C(O)C(COC1OC(CO)C(OC2OC(CO)C(OC3OC(CO)C(O)C(O)C3O)C(O)C2O)C(O)C1O)NC(=O)CCCCCCCC. The summed E-state index contributed by atoms with van der Waals surface area (Å²) in [5.41, 5.74) is 0. The second kappa shape index (κ2) is 37.3. The van der Waals surface area contributed by atoms with Gasteiger partial charge >= 0.3 is 0 Å². The Morgan fingerprint density at radius 1 is 0.493 bits per heavy atom. The molecule has 3 aliphatic rings. The van der Waals surface area contributed by atoms with E-state index >= 15 is 0 Å². The van der Waals surface area contributed by atoms with Crippen LogP contribution in [-0.4, -0.2) is 193 Å². The zero-order valence-corrected chi connectivity index (χ0v) is 43.0. The van der Waals surface area contributed by atoms with Gasteiger partial charge in [-0.1, -0.05) is 167 Å². The maximum atomic E-state index is 13.1. The van der Waals surface area contributed by atoms with Crippen molar-refractivity contribution in [3.8, 4) is 0 Å². The lowest BCUT2D eigenvalue weighted by Crippen LogP contribution is -2.66. The van der Waals surface area contributed by atoms with Crippen LogP contribution in [0.15, 0.2) is 12.2 Å². The quantitative estimate of drug-likeness (QED) is 0.0311. The van der Waals surface area contributed by atoms with Crippen molar-refractivity contribution in [1.82, 2.24) is 5.32 Å². The summed E-state index contributed by atoms with van der Waals surface area (Å²) in [7, 11) is 0. The molecule has 0 aromatic carbocycles. The summed E-state index contributed by atoms with van der Waals surface area (Å²) in [6.45, 7) is 1.63. The first-order valence-electron chi connectivity index (χ1n) is 27.4. The smallest absolute Gasteiger partial charge is 0.220 e. The number of ether oxygens (including phenoxy) is 6. The number of amides is 1. The lowest BCUT2D eigenvalue weighted by Gasteiger charge is -2.48. The van der Waals surface area contributed by atoms with Crippen molar-refractivity contribution in [3.05, 3.63) is 12.2 Å². The average molecular weight is 1020 g/mol. The van der Waals surface area contributed by atoms with Crippen molar-refractivity contribution in [2.24, 2.45) is 0 Å². The number of carbonyl (C=O) groups is 1. The van der Waals surface area contributed by atoms with Gasteiger partial charge in [0.05, 0.1) is 38.6 Å². The highest BCUT2D eigenvalue weighted by molar-refractivity contribution is 5.76. The molecule has 0 spiro atoms. The van der Waals surface area contributed by atoms with E-state index in [1.54, 1.807) is 6.08 Å². The maximum absolute atomic E-state index is 13.1. The molecular weight excluding hydrogens is 927 g/mol. The van der Waals surface area contributed by atoms with Gasteiger partial charge in [-0.3, -0.25) is 4.79 Å². The monoisotopic (exact) mass is 1020 g/mol. The topological polar surface area (TPSA) is 307 Å². The minimum atomic E-state index is -1.97. The molecule has 3 rings (SSSR count). The number of aliphatic hydroxyl groups is 11. The first-order chi connectivity index (χ1) is 34.3. The number of rotatable bonds is 39. The molecule has 0 bridgehead atoms. The summed E-state index contributed by atoms with van der Waals surface area (Å²) >= 11 is 0. The molecule has 0 aromatic heterocycles. The standard InChI is InChI=1S/C52H97NO18/c1-3-5-7-9-11-12-13-14-15-16-17-18-19-20-21-22-23-24-25-27-29-36(57)35(53-40(58)30-28-26-10-8-6-4-2)34-66-50-46(64)43(61)48(38(32-55)68-50)71-52-47(65)44(62)49(39(33-56)69-52)70-51-45(63)42(60)41(59)37(31-54)67-51/h27,29,35-39,41-52,54-57,59-65H,3-26,28,30-34H2,1-2H3,(H,53,58)/b29-27+. The molecule has 0 saturated carbocycles.